The van der Waals surface area contributed by atoms with E-state index in [-0.39, 0.29) is 6.10 Å². The van der Waals surface area contributed by atoms with Crippen LogP contribution in [-0.2, 0) is 0 Å². The summed E-state index contributed by atoms with van der Waals surface area (Å²) in [6, 6.07) is 0.733. The summed E-state index contributed by atoms with van der Waals surface area (Å²) in [5.41, 5.74) is 0. The Morgan fingerprint density at radius 3 is 2.67 bits per heavy atom. The molecule has 72 valence electrons. The third kappa shape index (κ3) is 2.73. The lowest BCUT2D eigenvalue weighted by atomic mass is 9.92. The van der Waals surface area contributed by atoms with E-state index in [1.165, 1.54) is 19.3 Å². The molecule has 0 aromatic rings. The molecular formula is C9H20N2O. The van der Waals surface area contributed by atoms with Gasteiger partial charge in [0, 0.05) is 19.1 Å². The molecule has 0 heterocycles. The Kier molecular flexibility index (Phi) is 3.98. The average Bonchev–Trinajstić information content (AvgIpc) is 1.82. The number of nitrogens with one attached hydrogen (secondary N) is 1. The number of rotatable bonds is 5. The molecule has 1 atom stereocenters. The Hall–Kier alpha value is -0.120. The van der Waals surface area contributed by atoms with Gasteiger partial charge in [-0.25, -0.2) is 0 Å². The van der Waals surface area contributed by atoms with Crippen LogP contribution >= 0.6 is 0 Å². The van der Waals surface area contributed by atoms with Crippen molar-refractivity contribution in [3.8, 4) is 0 Å². The predicted octanol–water partition coefficient (Wildman–Crippen LogP) is 0.0510. The fourth-order valence-corrected chi connectivity index (χ4v) is 1.61. The van der Waals surface area contributed by atoms with Crippen LogP contribution in [0.25, 0.3) is 0 Å². The Balaban J connectivity index is 2.11. The molecule has 1 fully saturated rings. The zero-order valence-electron chi connectivity index (χ0n) is 8.08. The van der Waals surface area contributed by atoms with Crippen molar-refractivity contribution in [1.29, 1.82) is 0 Å². The van der Waals surface area contributed by atoms with Gasteiger partial charge in [-0.15, -0.1) is 0 Å². The van der Waals surface area contributed by atoms with Gasteiger partial charge in [0.25, 0.3) is 0 Å². The van der Waals surface area contributed by atoms with Crippen molar-refractivity contribution in [3.63, 3.8) is 0 Å². The highest BCUT2D eigenvalue weighted by atomic mass is 16.3. The molecule has 1 aliphatic carbocycles. The summed E-state index contributed by atoms with van der Waals surface area (Å²) in [7, 11) is 3.97. The van der Waals surface area contributed by atoms with Crippen molar-refractivity contribution in [2.75, 3.05) is 27.2 Å². The van der Waals surface area contributed by atoms with Gasteiger partial charge in [0.2, 0.25) is 0 Å². The highest BCUT2D eigenvalue weighted by Gasteiger charge is 2.22. The van der Waals surface area contributed by atoms with Crippen molar-refractivity contribution < 1.29 is 5.11 Å². The summed E-state index contributed by atoms with van der Waals surface area (Å²) in [6.07, 6.45) is 3.75. The molecule has 12 heavy (non-hydrogen) atoms. The van der Waals surface area contributed by atoms with Crippen molar-refractivity contribution in [2.24, 2.45) is 0 Å². The van der Waals surface area contributed by atoms with Crippen LogP contribution in [0.3, 0.4) is 0 Å². The SMILES string of the molecule is CNCC(O)CN(C)C1CCC1. The molecule has 3 heteroatoms. The molecule has 1 saturated carbocycles. The van der Waals surface area contributed by atoms with Gasteiger partial charge in [-0.2, -0.15) is 0 Å². The molecule has 0 amide bonds. The maximum absolute atomic E-state index is 9.48. The standard InChI is InChI=1S/C9H20N2O/c1-10-6-9(12)7-11(2)8-4-3-5-8/h8-10,12H,3-7H2,1-2H3. The first kappa shape index (κ1) is 9.96. The zero-order chi connectivity index (χ0) is 8.97. The first-order chi connectivity index (χ1) is 5.74. The third-order valence-corrected chi connectivity index (χ3v) is 2.64. The minimum atomic E-state index is -0.222. The van der Waals surface area contributed by atoms with E-state index < -0.39 is 0 Å². The fraction of sp³-hybridized carbons (Fsp3) is 1.00. The molecule has 3 nitrogen and oxygen atoms in total. The van der Waals surface area contributed by atoms with Crippen LogP contribution in [0.5, 0.6) is 0 Å². The van der Waals surface area contributed by atoms with Crippen molar-refractivity contribution in [3.05, 3.63) is 0 Å². The largest absolute Gasteiger partial charge is 0.390 e. The van der Waals surface area contributed by atoms with Crippen LogP contribution in [0, 0.1) is 0 Å². The molecule has 1 rings (SSSR count). The lowest BCUT2D eigenvalue weighted by molar-refractivity contribution is 0.0785. The molecule has 0 aromatic heterocycles. The highest BCUT2D eigenvalue weighted by molar-refractivity contribution is 4.79. The second-order valence-electron chi connectivity index (χ2n) is 3.74. The highest BCUT2D eigenvalue weighted by Crippen LogP contribution is 2.23. The van der Waals surface area contributed by atoms with E-state index in [1.807, 2.05) is 7.05 Å². The maximum atomic E-state index is 9.48. The zero-order valence-corrected chi connectivity index (χ0v) is 8.08. The minimum Gasteiger partial charge on any atom is -0.390 e. The van der Waals surface area contributed by atoms with E-state index in [1.54, 1.807) is 0 Å². The number of nitrogens with zero attached hydrogens (tertiary/aromatic N) is 1. The van der Waals surface area contributed by atoms with Crippen molar-refractivity contribution >= 4 is 0 Å². The van der Waals surface area contributed by atoms with Gasteiger partial charge < -0.3 is 15.3 Å². The first-order valence-corrected chi connectivity index (χ1v) is 4.77. The predicted molar refractivity (Wildman–Crippen MR) is 50.2 cm³/mol. The molecular weight excluding hydrogens is 152 g/mol. The van der Waals surface area contributed by atoms with Crippen LogP contribution in [0.1, 0.15) is 19.3 Å². The van der Waals surface area contributed by atoms with Crippen LogP contribution in [-0.4, -0.2) is 49.3 Å². The second-order valence-corrected chi connectivity index (χ2v) is 3.74. The minimum absolute atomic E-state index is 0.222. The third-order valence-electron chi connectivity index (χ3n) is 2.64. The molecule has 0 spiro atoms. The summed E-state index contributed by atoms with van der Waals surface area (Å²) in [5.74, 6) is 0. The molecule has 0 bridgehead atoms. The van der Waals surface area contributed by atoms with Crippen molar-refractivity contribution in [1.82, 2.24) is 10.2 Å². The Bertz CT molecular complexity index is 126. The topological polar surface area (TPSA) is 35.5 Å². The van der Waals surface area contributed by atoms with E-state index in [0.29, 0.717) is 6.54 Å². The Morgan fingerprint density at radius 2 is 2.25 bits per heavy atom. The molecule has 0 aliphatic heterocycles. The summed E-state index contributed by atoms with van der Waals surface area (Å²) >= 11 is 0. The lowest BCUT2D eigenvalue weighted by Gasteiger charge is -2.35. The molecule has 2 N–H and O–H groups in total. The van der Waals surface area contributed by atoms with Crippen LogP contribution < -0.4 is 5.32 Å². The van der Waals surface area contributed by atoms with E-state index in [4.69, 9.17) is 0 Å². The summed E-state index contributed by atoms with van der Waals surface area (Å²) in [4.78, 5) is 2.27. The fourth-order valence-electron chi connectivity index (χ4n) is 1.61. The van der Waals surface area contributed by atoms with E-state index in [9.17, 15) is 5.11 Å². The molecule has 1 unspecified atom stereocenters. The van der Waals surface area contributed by atoms with Gasteiger partial charge >= 0.3 is 0 Å². The summed E-state index contributed by atoms with van der Waals surface area (Å²) in [5, 5.41) is 12.5. The van der Waals surface area contributed by atoms with E-state index in [2.05, 4.69) is 17.3 Å². The normalized spacial score (nSPS) is 21.0. The van der Waals surface area contributed by atoms with Crippen molar-refractivity contribution in [2.45, 2.75) is 31.4 Å². The second kappa shape index (κ2) is 4.80. The van der Waals surface area contributed by atoms with Crippen LogP contribution in [0.2, 0.25) is 0 Å². The summed E-state index contributed by atoms with van der Waals surface area (Å²) < 4.78 is 0. The molecule has 0 saturated heterocycles. The summed E-state index contributed by atoms with van der Waals surface area (Å²) in [6.45, 7) is 1.49. The van der Waals surface area contributed by atoms with Crippen LogP contribution in [0.4, 0.5) is 0 Å². The number of aliphatic hydroxyl groups is 1. The van der Waals surface area contributed by atoms with Gasteiger partial charge in [0.1, 0.15) is 0 Å². The maximum Gasteiger partial charge on any atom is 0.0791 e. The monoisotopic (exact) mass is 172 g/mol. The Morgan fingerprint density at radius 1 is 1.58 bits per heavy atom. The Labute approximate surface area is 74.8 Å². The number of hydrogen-bond acceptors (Lipinski definition) is 3. The lowest BCUT2D eigenvalue weighted by Crippen LogP contribution is -2.43. The number of aliphatic hydroxyl groups excluding tert-OH is 1. The number of hydrogen-bond donors (Lipinski definition) is 2. The van der Waals surface area contributed by atoms with Gasteiger partial charge in [-0.1, -0.05) is 6.42 Å². The molecule has 1 aliphatic rings. The van der Waals surface area contributed by atoms with Gasteiger partial charge in [0.15, 0.2) is 0 Å². The average molecular weight is 172 g/mol. The van der Waals surface area contributed by atoms with E-state index in [0.717, 1.165) is 12.6 Å². The molecule has 0 aromatic carbocycles. The number of likely N-dealkylation sites (N-methyl/N-ethyl adjacent to an activating group) is 2. The van der Waals surface area contributed by atoms with Gasteiger partial charge in [-0.05, 0) is 26.9 Å². The van der Waals surface area contributed by atoms with E-state index >= 15 is 0 Å². The molecule has 0 radical (unpaired) electrons. The van der Waals surface area contributed by atoms with Gasteiger partial charge in [0.05, 0.1) is 6.10 Å². The van der Waals surface area contributed by atoms with Crippen LogP contribution in [0.15, 0.2) is 0 Å². The first-order valence-electron chi connectivity index (χ1n) is 4.77. The van der Waals surface area contributed by atoms with Gasteiger partial charge in [-0.3, -0.25) is 0 Å². The quantitative estimate of drug-likeness (QED) is 0.615. The smallest absolute Gasteiger partial charge is 0.0791 e.